The van der Waals surface area contributed by atoms with Crippen LogP contribution in [0.4, 0.5) is 29.1 Å². The smallest absolute Gasteiger partial charge is 0.303 e. The number of methoxy groups -OCH3 is 1. The highest BCUT2D eigenvalue weighted by molar-refractivity contribution is 5.94. The number of anilines is 2. The molecule has 1 aliphatic rings. The van der Waals surface area contributed by atoms with Gasteiger partial charge in [0.15, 0.2) is 28.8 Å². The molecule has 42 heavy (non-hydrogen) atoms. The Kier molecular flexibility index (Phi) is 7.76. The maximum absolute atomic E-state index is 14.7. The zero-order chi connectivity index (χ0) is 30.3. The molecule has 0 aliphatic carbocycles. The van der Waals surface area contributed by atoms with Crippen molar-refractivity contribution in [3.63, 3.8) is 0 Å². The molecule has 1 saturated heterocycles. The van der Waals surface area contributed by atoms with Crippen molar-refractivity contribution >= 4 is 29.0 Å². The Labute approximate surface area is 237 Å². The van der Waals surface area contributed by atoms with Gasteiger partial charge >= 0.3 is 5.97 Å². The van der Waals surface area contributed by atoms with Gasteiger partial charge in [-0.15, -0.1) is 0 Å². The maximum atomic E-state index is 14.7. The second-order valence-corrected chi connectivity index (χ2v) is 10.2. The Bertz CT molecular complexity index is 1670. The standard InChI is InChI=1S/C29H27F4N5O4/c1-15-5-4-6-23(42-3)28(15)36(2)25-13-21(17-9-18(30)27(33)19(31)10-17)34-24-12-22(35-38(24)25)29(41)37-8-7-16(11-26(39)40)20(32)14-37/h4-6,9-10,12-13,16,20H,7-8,11,14H2,1-3H3,(H,39,40). The number of benzene rings is 2. The lowest BCUT2D eigenvalue weighted by Gasteiger charge is -2.33. The van der Waals surface area contributed by atoms with E-state index < -0.39 is 41.4 Å². The number of carboxylic acid groups (broad SMARTS) is 1. The summed E-state index contributed by atoms with van der Waals surface area (Å²) in [6.07, 6.45) is -1.66. The fourth-order valence-corrected chi connectivity index (χ4v) is 5.25. The van der Waals surface area contributed by atoms with Gasteiger partial charge in [-0.05, 0) is 37.1 Å². The summed E-state index contributed by atoms with van der Waals surface area (Å²) in [5.74, 6) is -5.93. The van der Waals surface area contributed by atoms with Crippen molar-refractivity contribution in [1.29, 1.82) is 0 Å². The van der Waals surface area contributed by atoms with Gasteiger partial charge < -0.3 is 19.6 Å². The number of halogens is 4. The largest absolute Gasteiger partial charge is 0.495 e. The molecular weight excluding hydrogens is 558 g/mol. The summed E-state index contributed by atoms with van der Waals surface area (Å²) < 4.78 is 63.7. The van der Waals surface area contributed by atoms with Crippen LogP contribution in [0.5, 0.6) is 5.75 Å². The number of aryl methyl sites for hydroxylation is 1. The number of likely N-dealkylation sites (tertiary alicyclic amines) is 1. The summed E-state index contributed by atoms with van der Waals surface area (Å²) in [4.78, 5) is 31.9. The van der Waals surface area contributed by atoms with Crippen molar-refractivity contribution in [3.05, 3.63) is 71.2 Å². The average molecular weight is 586 g/mol. The molecule has 2 aromatic carbocycles. The summed E-state index contributed by atoms with van der Waals surface area (Å²) in [6, 6.07) is 9.92. The van der Waals surface area contributed by atoms with E-state index in [-0.39, 0.29) is 48.5 Å². The molecular formula is C29H27F4N5O4. The van der Waals surface area contributed by atoms with E-state index >= 15 is 0 Å². The molecule has 9 nitrogen and oxygen atoms in total. The third kappa shape index (κ3) is 5.33. The van der Waals surface area contributed by atoms with Crippen LogP contribution in [0.1, 0.15) is 28.9 Å². The van der Waals surface area contributed by atoms with E-state index in [0.29, 0.717) is 17.3 Å². The molecule has 2 atom stereocenters. The molecule has 220 valence electrons. The summed E-state index contributed by atoms with van der Waals surface area (Å²) >= 11 is 0. The van der Waals surface area contributed by atoms with Crippen LogP contribution >= 0.6 is 0 Å². The first kappa shape index (κ1) is 28.8. The van der Waals surface area contributed by atoms with Crippen molar-refractivity contribution in [3.8, 4) is 17.0 Å². The molecule has 2 aromatic heterocycles. The number of hydrogen-bond donors (Lipinski definition) is 1. The predicted molar refractivity (Wildman–Crippen MR) is 145 cm³/mol. The lowest BCUT2D eigenvalue weighted by Crippen LogP contribution is -2.45. The van der Waals surface area contributed by atoms with E-state index in [2.05, 4.69) is 10.1 Å². The molecule has 0 saturated carbocycles. The molecule has 5 rings (SSSR count). The van der Waals surface area contributed by atoms with Crippen LogP contribution in [0.2, 0.25) is 0 Å². The average Bonchev–Trinajstić information content (AvgIpc) is 3.39. The monoisotopic (exact) mass is 585 g/mol. The molecule has 1 aliphatic heterocycles. The number of hydrogen-bond acceptors (Lipinski definition) is 6. The Balaban J connectivity index is 1.61. The molecule has 0 radical (unpaired) electrons. The van der Waals surface area contributed by atoms with Crippen molar-refractivity contribution in [2.24, 2.45) is 5.92 Å². The van der Waals surface area contributed by atoms with Gasteiger partial charge in [-0.2, -0.15) is 9.61 Å². The van der Waals surface area contributed by atoms with E-state index in [9.17, 15) is 27.2 Å². The number of amides is 1. The number of nitrogens with zero attached hydrogens (tertiary/aromatic N) is 5. The number of carbonyl (C=O) groups excluding carboxylic acids is 1. The Morgan fingerprint density at radius 2 is 1.86 bits per heavy atom. The van der Waals surface area contributed by atoms with E-state index in [1.165, 1.54) is 28.7 Å². The Morgan fingerprint density at radius 3 is 2.50 bits per heavy atom. The number of para-hydroxylation sites is 1. The highest BCUT2D eigenvalue weighted by Gasteiger charge is 2.34. The van der Waals surface area contributed by atoms with E-state index in [4.69, 9.17) is 9.84 Å². The Morgan fingerprint density at radius 1 is 1.14 bits per heavy atom. The van der Waals surface area contributed by atoms with Crippen molar-refractivity contribution in [1.82, 2.24) is 19.5 Å². The Hall–Kier alpha value is -4.68. The summed E-state index contributed by atoms with van der Waals surface area (Å²) in [5, 5.41) is 13.5. The maximum Gasteiger partial charge on any atom is 0.303 e. The number of fused-ring (bicyclic) bond motifs is 1. The lowest BCUT2D eigenvalue weighted by molar-refractivity contribution is -0.139. The molecule has 3 heterocycles. The quantitative estimate of drug-likeness (QED) is 0.236. The zero-order valence-corrected chi connectivity index (χ0v) is 22.9. The summed E-state index contributed by atoms with van der Waals surface area (Å²) in [7, 11) is 3.21. The van der Waals surface area contributed by atoms with E-state index in [0.717, 1.165) is 17.7 Å². The highest BCUT2D eigenvalue weighted by atomic mass is 19.2. The second kappa shape index (κ2) is 11.3. The summed E-state index contributed by atoms with van der Waals surface area (Å²) in [6.45, 7) is 1.72. The van der Waals surface area contributed by atoms with Crippen LogP contribution in [0.25, 0.3) is 16.9 Å². The molecule has 13 heteroatoms. The normalized spacial score (nSPS) is 17.0. The van der Waals surface area contributed by atoms with Crippen LogP contribution in [0.3, 0.4) is 0 Å². The van der Waals surface area contributed by atoms with Gasteiger partial charge in [-0.3, -0.25) is 9.59 Å². The first-order valence-electron chi connectivity index (χ1n) is 13.1. The molecule has 0 spiro atoms. The first-order valence-corrected chi connectivity index (χ1v) is 13.1. The number of aromatic nitrogens is 3. The van der Waals surface area contributed by atoms with Gasteiger partial charge in [0.25, 0.3) is 5.91 Å². The molecule has 1 fully saturated rings. The molecule has 0 bridgehead atoms. The van der Waals surface area contributed by atoms with E-state index in [1.54, 1.807) is 18.0 Å². The van der Waals surface area contributed by atoms with Crippen molar-refractivity contribution in [2.75, 3.05) is 32.1 Å². The number of piperidine rings is 1. The van der Waals surface area contributed by atoms with Gasteiger partial charge in [0.1, 0.15) is 17.7 Å². The predicted octanol–water partition coefficient (Wildman–Crippen LogP) is 5.17. The number of carboxylic acids is 1. The number of rotatable bonds is 7. The van der Waals surface area contributed by atoms with Crippen LogP contribution in [-0.2, 0) is 4.79 Å². The molecule has 4 aromatic rings. The van der Waals surface area contributed by atoms with Crippen LogP contribution in [0.15, 0.2) is 42.5 Å². The van der Waals surface area contributed by atoms with Crippen LogP contribution < -0.4 is 9.64 Å². The van der Waals surface area contributed by atoms with Crippen LogP contribution in [0, 0.1) is 30.3 Å². The molecule has 1 amide bonds. The fourth-order valence-electron chi connectivity index (χ4n) is 5.25. The lowest BCUT2D eigenvalue weighted by atomic mass is 9.91. The highest BCUT2D eigenvalue weighted by Crippen LogP contribution is 2.37. The van der Waals surface area contributed by atoms with Crippen molar-refractivity contribution < 1.29 is 37.0 Å². The third-order valence-corrected chi connectivity index (χ3v) is 7.41. The van der Waals surface area contributed by atoms with Gasteiger partial charge in [0, 0.05) is 37.2 Å². The first-order chi connectivity index (χ1) is 20.0. The van der Waals surface area contributed by atoms with Crippen molar-refractivity contribution in [2.45, 2.75) is 25.9 Å². The van der Waals surface area contributed by atoms with Gasteiger partial charge in [0.05, 0.1) is 31.5 Å². The minimum absolute atomic E-state index is 0.0462. The van der Waals surface area contributed by atoms with Gasteiger partial charge in [-0.25, -0.2) is 22.5 Å². The topological polar surface area (TPSA) is 100 Å². The van der Waals surface area contributed by atoms with Gasteiger partial charge in [-0.1, -0.05) is 12.1 Å². The zero-order valence-electron chi connectivity index (χ0n) is 22.9. The van der Waals surface area contributed by atoms with Gasteiger partial charge in [0.2, 0.25) is 0 Å². The summed E-state index contributed by atoms with van der Waals surface area (Å²) in [5.41, 5.74) is 1.56. The number of ether oxygens (including phenoxy) is 1. The SMILES string of the molecule is COc1cccc(C)c1N(C)c1cc(-c2cc(F)c(F)c(F)c2)nc2cc(C(=O)N3CCC(CC(=O)O)C(F)C3)nn12. The third-order valence-electron chi connectivity index (χ3n) is 7.41. The number of aliphatic carboxylic acids is 1. The molecule has 1 N–H and O–H groups in total. The fraction of sp³-hybridized carbons (Fsp3) is 0.310. The minimum atomic E-state index is -1.61. The number of alkyl halides is 1. The minimum Gasteiger partial charge on any atom is -0.495 e. The number of carbonyl (C=O) groups is 2. The second-order valence-electron chi connectivity index (χ2n) is 10.2. The van der Waals surface area contributed by atoms with Crippen LogP contribution in [-0.4, -0.2) is 69.9 Å². The molecule has 2 unspecified atom stereocenters. The van der Waals surface area contributed by atoms with E-state index in [1.807, 2.05) is 19.1 Å².